The van der Waals surface area contributed by atoms with Crippen LogP contribution in [0.4, 0.5) is 27.6 Å². The topological polar surface area (TPSA) is 76.2 Å². The van der Waals surface area contributed by atoms with E-state index in [0.29, 0.717) is 40.5 Å². The van der Waals surface area contributed by atoms with Crippen molar-refractivity contribution in [3.05, 3.63) is 107 Å². The highest BCUT2D eigenvalue weighted by Crippen LogP contribution is 2.33. The third kappa shape index (κ3) is 6.24. The van der Waals surface area contributed by atoms with Gasteiger partial charge in [-0.25, -0.2) is 13.8 Å². The molecule has 5 rings (SSSR count). The third-order valence-corrected chi connectivity index (χ3v) is 7.13. The maximum absolute atomic E-state index is 15.5. The average molecular weight is 600 g/mol. The number of alkyl halides is 3. The van der Waals surface area contributed by atoms with E-state index in [-0.39, 0.29) is 11.3 Å². The average Bonchev–Trinajstić information content (AvgIpc) is 3.40. The zero-order chi connectivity index (χ0) is 29.9. The van der Waals surface area contributed by atoms with E-state index >= 15 is 4.39 Å². The SMILES string of the molecule is COCCOc1ccc(-c2cnc3[nH]cc(C(=O)c4c(F)ccc(NSc5ccc(C(F)(F)F)cc5)c4F)c3c2)cc1. The quantitative estimate of drug-likeness (QED) is 0.0736. The molecule has 5 aromatic rings. The highest BCUT2D eigenvalue weighted by molar-refractivity contribution is 8.00. The van der Waals surface area contributed by atoms with Gasteiger partial charge in [-0.05, 0) is 72.1 Å². The molecule has 0 spiro atoms. The Morgan fingerprint density at radius 1 is 0.976 bits per heavy atom. The van der Waals surface area contributed by atoms with E-state index in [9.17, 15) is 22.4 Å². The minimum atomic E-state index is -4.49. The van der Waals surface area contributed by atoms with Crippen molar-refractivity contribution >= 4 is 34.5 Å². The fourth-order valence-corrected chi connectivity index (χ4v) is 4.79. The second-order valence-electron chi connectivity index (χ2n) is 9.03. The molecule has 0 amide bonds. The maximum atomic E-state index is 15.5. The van der Waals surface area contributed by atoms with Crippen LogP contribution in [0.2, 0.25) is 0 Å². The summed E-state index contributed by atoms with van der Waals surface area (Å²) in [5.74, 6) is -2.45. The molecule has 0 aliphatic carbocycles. The largest absolute Gasteiger partial charge is 0.491 e. The molecule has 3 aromatic carbocycles. The van der Waals surface area contributed by atoms with Gasteiger partial charge >= 0.3 is 6.18 Å². The van der Waals surface area contributed by atoms with E-state index in [0.717, 1.165) is 41.8 Å². The van der Waals surface area contributed by atoms with Gasteiger partial charge in [0.15, 0.2) is 5.82 Å². The monoisotopic (exact) mass is 599 g/mol. The van der Waals surface area contributed by atoms with Crippen LogP contribution in [0.15, 0.2) is 84.0 Å². The number of nitrogens with one attached hydrogen (secondary N) is 2. The normalized spacial score (nSPS) is 11.6. The molecule has 0 aliphatic rings. The number of nitrogens with zero attached hydrogens (tertiary/aromatic N) is 1. The van der Waals surface area contributed by atoms with E-state index in [1.807, 2.05) is 12.1 Å². The van der Waals surface area contributed by atoms with Crippen LogP contribution in [0.5, 0.6) is 5.75 Å². The van der Waals surface area contributed by atoms with Crippen LogP contribution in [0.3, 0.4) is 0 Å². The number of H-pyrrole nitrogens is 1. The van der Waals surface area contributed by atoms with E-state index in [4.69, 9.17) is 9.47 Å². The number of ether oxygens (including phenoxy) is 2. The van der Waals surface area contributed by atoms with Gasteiger partial charge in [0.05, 0.1) is 23.4 Å². The molecule has 0 saturated heterocycles. The Balaban J connectivity index is 1.38. The maximum Gasteiger partial charge on any atom is 0.416 e. The van der Waals surface area contributed by atoms with Gasteiger partial charge in [0.25, 0.3) is 0 Å². The second-order valence-corrected chi connectivity index (χ2v) is 9.91. The number of carbonyl (C=O) groups excluding carboxylic acids is 1. The minimum Gasteiger partial charge on any atom is -0.491 e. The zero-order valence-corrected chi connectivity index (χ0v) is 22.7. The Hall–Kier alpha value is -4.42. The number of benzene rings is 3. The minimum absolute atomic E-state index is 0.0178. The molecule has 0 aliphatic heterocycles. The van der Waals surface area contributed by atoms with Crippen molar-refractivity contribution in [2.24, 2.45) is 0 Å². The Morgan fingerprint density at radius 2 is 1.71 bits per heavy atom. The molecular formula is C30H22F5N3O3S. The third-order valence-electron chi connectivity index (χ3n) is 6.30. The van der Waals surface area contributed by atoms with E-state index in [1.54, 1.807) is 31.5 Å². The molecule has 6 nitrogen and oxygen atoms in total. The number of halogens is 5. The first-order valence-corrected chi connectivity index (χ1v) is 13.3. The fourth-order valence-electron chi connectivity index (χ4n) is 4.14. The standard InChI is InChI=1S/C30H22F5N3O3S/c1-40-12-13-41-20-6-2-17(3-7-20)18-14-22-23(16-37-29(22)36-15-18)28(39)26-24(31)10-11-25(27(26)32)38-42-21-8-4-19(5-9-21)30(33,34)35/h2-11,14-16,38H,12-13H2,1H3,(H,36,37). The van der Waals surface area contributed by atoms with Gasteiger partial charge in [-0.15, -0.1) is 0 Å². The molecule has 0 fully saturated rings. The number of aromatic nitrogens is 2. The predicted molar refractivity (Wildman–Crippen MR) is 150 cm³/mol. The molecule has 216 valence electrons. The van der Waals surface area contributed by atoms with Crippen LogP contribution in [0, 0.1) is 11.6 Å². The zero-order valence-electron chi connectivity index (χ0n) is 21.9. The first-order chi connectivity index (χ1) is 20.2. The lowest BCUT2D eigenvalue weighted by molar-refractivity contribution is -0.137. The fraction of sp³-hybridized carbons (Fsp3) is 0.133. The molecule has 12 heteroatoms. The first kappa shape index (κ1) is 29.1. The van der Waals surface area contributed by atoms with Crippen LogP contribution in [-0.2, 0) is 10.9 Å². The number of ketones is 1. The number of hydrogen-bond acceptors (Lipinski definition) is 6. The van der Waals surface area contributed by atoms with Crippen molar-refractivity contribution in [2.75, 3.05) is 25.0 Å². The number of fused-ring (bicyclic) bond motifs is 1. The summed E-state index contributed by atoms with van der Waals surface area (Å²) in [5, 5.41) is 0.370. The summed E-state index contributed by atoms with van der Waals surface area (Å²) in [6.45, 7) is 0.848. The van der Waals surface area contributed by atoms with Crippen LogP contribution in [0.25, 0.3) is 22.2 Å². The first-order valence-electron chi connectivity index (χ1n) is 12.5. The van der Waals surface area contributed by atoms with Crippen LogP contribution < -0.4 is 9.46 Å². The molecule has 0 bridgehead atoms. The lowest BCUT2D eigenvalue weighted by Crippen LogP contribution is -2.09. The molecule has 0 unspecified atom stereocenters. The van der Waals surface area contributed by atoms with Crippen LogP contribution >= 0.6 is 11.9 Å². The summed E-state index contributed by atoms with van der Waals surface area (Å²) in [6.07, 6.45) is -1.54. The molecule has 2 N–H and O–H groups in total. The van der Waals surface area contributed by atoms with E-state index in [1.165, 1.54) is 18.3 Å². The van der Waals surface area contributed by atoms with Gasteiger partial charge < -0.3 is 19.2 Å². The van der Waals surface area contributed by atoms with Gasteiger partial charge in [0, 0.05) is 40.9 Å². The van der Waals surface area contributed by atoms with Crippen LogP contribution in [-0.4, -0.2) is 36.1 Å². The number of pyridine rings is 1. The number of carbonyl (C=O) groups is 1. The number of aromatic amines is 1. The second kappa shape index (κ2) is 12.2. The smallest absolute Gasteiger partial charge is 0.416 e. The van der Waals surface area contributed by atoms with E-state index in [2.05, 4.69) is 14.7 Å². The number of rotatable bonds is 10. The highest BCUT2D eigenvalue weighted by Gasteiger charge is 2.30. The molecule has 2 heterocycles. The van der Waals surface area contributed by atoms with Crippen molar-refractivity contribution < 1.29 is 36.2 Å². The summed E-state index contributed by atoms with van der Waals surface area (Å²) in [6, 6.07) is 15.2. The van der Waals surface area contributed by atoms with Crippen molar-refractivity contribution in [3.63, 3.8) is 0 Å². The molecule has 2 aromatic heterocycles. The molecular weight excluding hydrogens is 577 g/mol. The summed E-state index contributed by atoms with van der Waals surface area (Å²) in [4.78, 5) is 21.0. The summed E-state index contributed by atoms with van der Waals surface area (Å²) >= 11 is 0.817. The summed E-state index contributed by atoms with van der Waals surface area (Å²) in [5.41, 5.74) is 0.00987. The predicted octanol–water partition coefficient (Wildman–Crippen LogP) is 7.90. The van der Waals surface area contributed by atoms with Gasteiger partial charge in [0.1, 0.15) is 23.8 Å². The van der Waals surface area contributed by atoms with Crippen molar-refractivity contribution in [2.45, 2.75) is 11.1 Å². The van der Waals surface area contributed by atoms with Crippen LogP contribution in [0.1, 0.15) is 21.5 Å². The molecule has 0 saturated carbocycles. The lowest BCUT2D eigenvalue weighted by Gasteiger charge is -2.11. The Morgan fingerprint density at radius 3 is 2.40 bits per heavy atom. The van der Waals surface area contributed by atoms with Crippen molar-refractivity contribution in [1.29, 1.82) is 0 Å². The van der Waals surface area contributed by atoms with Gasteiger partial charge in [-0.2, -0.15) is 13.2 Å². The van der Waals surface area contributed by atoms with Gasteiger partial charge in [-0.3, -0.25) is 4.79 Å². The number of hydrogen-bond donors (Lipinski definition) is 2. The van der Waals surface area contributed by atoms with Crippen molar-refractivity contribution in [3.8, 4) is 16.9 Å². The number of anilines is 1. The Bertz CT molecular complexity index is 1720. The number of methoxy groups -OCH3 is 1. The summed E-state index contributed by atoms with van der Waals surface area (Å²) in [7, 11) is 1.58. The van der Waals surface area contributed by atoms with Gasteiger partial charge in [-0.1, -0.05) is 12.1 Å². The molecule has 0 radical (unpaired) electrons. The highest BCUT2D eigenvalue weighted by atomic mass is 32.2. The Labute approximate surface area is 241 Å². The van der Waals surface area contributed by atoms with Gasteiger partial charge in [0.2, 0.25) is 5.78 Å². The lowest BCUT2D eigenvalue weighted by atomic mass is 10.00. The molecule has 0 atom stereocenters. The van der Waals surface area contributed by atoms with Crippen molar-refractivity contribution in [1.82, 2.24) is 9.97 Å². The molecule has 42 heavy (non-hydrogen) atoms. The summed E-state index contributed by atoms with van der Waals surface area (Å²) < 4.78 is 81.9. The van der Waals surface area contributed by atoms with E-state index < -0.39 is 34.7 Å². The Kier molecular flexibility index (Phi) is 8.46.